The van der Waals surface area contributed by atoms with Crippen LogP contribution in [0.15, 0.2) is 27.8 Å². The number of aromatic nitrogens is 3. The molecule has 0 aliphatic heterocycles. The van der Waals surface area contributed by atoms with Gasteiger partial charge in [-0.2, -0.15) is 4.68 Å². The van der Waals surface area contributed by atoms with Crippen molar-refractivity contribution in [2.24, 2.45) is 5.41 Å². The van der Waals surface area contributed by atoms with E-state index in [4.69, 9.17) is 0 Å². The zero-order valence-corrected chi connectivity index (χ0v) is 17.6. The lowest BCUT2D eigenvalue weighted by Gasteiger charge is -2.40. The first-order valence-electron chi connectivity index (χ1n) is 9.20. The van der Waals surface area contributed by atoms with E-state index < -0.39 is 22.2 Å². The van der Waals surface area contributed by atoms with Crippen LogP contribution in [0.25, 0.3) is 5.69 Å². The number of benzene rings is 1. The molecule has 9 heteroatoms. The van der Waals surface area contributed by atoms with Crippen LogP contribution >= 0.6 is 0 Å². The smallest absolute Gasteiger partial charge is 0.349 e. The number of aromatic amines is 2. The summed E-state index contributed by atoms with van der Waals surface area (Å²) in [6.07, 6.45) is 0.344. The Morgan fingerprint density at radius 3 is 2.25 bits per heavy atom. The number of Topliss-reactive ketones (excluding diaryl/α,β-unsaturated/α-hetero) is 1. The van der Waals surface area contributed by atoms with Crippen molar-refractivity contribution in [1.29, 1.82) is 0 Å². The number of phenols is 1. The molecule has 0 aliphatic rings. The Bertz CT molecular complexity index is 991. The molecule has 0 bridgehead atoms. The lowest BCUT2D eigenvalue weighted by atomic mass is 9.63. The molecule has 0 radical (unpaired) electrons. The van der Waals surface area contributed by atoms with Crippen molar-refractivity contribution in [2.75, 3.05) is 0 Å². The summed E-state index contributed by atoms with van der Waals surface area (Å²) in [7, 11) is 1.86. The van der Waals surface area contributed by atoms with Crippen LogP contribution in [0.2, 0.25) is 0 Å². The van der Waals surface area contributed by atoms with Crippen LogP contribution in [0, 0.1) is 5.41 Å². The van der Waals surface area contributed by atoms with E-state index in [0.29, 0.717) is 6.42 Å². The molecule has 0 spiro atoms. The van der Waals surface area contributed by atoms with Crippen LogP contribution in [0.4, 0.5) is 0 Å². The molecular formula is C19H29BN4O4. The molecular weight excluding hydrogens is 359 g/mol. The molecule has 1 aromatic heterocycles. The van der Waals surface area contributed by atoms with Gasteiger partial charge in [0.05, 0.1) is 0 Å². The van der Waals surface area contributed by atoms with E-state index in [0.717, 1.165) is 10.2 Å². The highest BCUT2D eigenvalue weighted by atomic mass is 16.3. The first kappa shape index (κ1) is 21.8. The van der Waals surface area contributed by atoms with Crippen molar-refractivity contribution in [1.82, 2.24) is 20.1 Å². The van der Waals surface area contributed by atoms with E-state index in [1.807, 2.05) is 49.4 Å². The fraction of sp³-hybridized carbons (Fsp3) is 0.526. The van der Waals surface area contributed by atoms with Crippen LogP contribution < -0.4 is 16.7 Å². The largest absolute Gasteiger partial charge is 0.506 e. The quantitative estimate of drug-likeness (QED) is 0.554. The maximum Gasteiger partial charge on any atom is 0.349 e. The van der Waals surface area contributed by atoms with Crippen molar-refractivity contribution in [3.05, 3.63) is 44.7 Å². The van der Waals surface area contributed by atoms with Gasteiger partial charge in [0.25, 0.3) is 0 Å². The molecule has 1 heterocycles. The van der Waals surface area contributed by atoms with Gasteiger partial charge in [0, 0.05) is 16.4 Å². The predicted molar refractivity (Wildman–Crippen MR) is 111 cm³/mol. The summed E-state index contributed by atoms with van der Waals surface area (Å²) < 4.78 is 0.946. The molecule has 0 aliphatic carbocycles. The summed E-state index contributed by atoms with van der Waals surface area (Å²) in [5.74, 6) is -0.106. The van der Waals surface area contributed by atoms with Crippen molar-refractivity contribution in [3.8, 4) is 11.4 Å². The zero-order valence-electron chi connectivity index (χ0n) is 17.6. The summed E-state index contributed by atoms with van der Waals surface area (Å²) in [6, 6.07) is 4.74. The normalized spacial score (nSPS) is 14.6. The van der Waals surface area contributed by atoms with Gasteiger partial charge in [-0.05, 0) is 44.9 Å². The average molecular weight is 388 g/mol. The molecule has 28 heavy (non-hydrogen) atoms. The third kappa shape index (κ3) is 4.84. The number of H-pyrrole nitrogens is 2. The van der Waals surface area contributed by atoms with Crippen molar-refractivity contribution in [3.63, 3.8) is 0 Å². The Morgan fingerprint density at radius 1 is 1.18 bits per heavy atom. The molecule has 2 rings (SSSR count). The van der Waals surface area contributed by atoms with E-state index in [1.54, 1.807) is 12.1 Å². The van der Waals surface area contributed by atoms with Crippen LogP contribution in [0.1, 0.15) is 47.1 Å². The highest BCUT2D eigenvalue weighted by Gasteiger charge is 2.41. The highest BCUT2D eigenvalue weighted by Crippen LogP contribution is 2.28. The van der Waals surface area contributed by atoms with E-state index in [9.17, 15) is 19.5 Å². The van der Waals surface area contributed by atoms with Gasteiger partial charge in [-0.3, -0.25) is 9.78 Å². The Balaban J connectivity index is 2.52. The molecule has 1 atom stereocenters. The predicted octanol–water partition coefficient (Wildman–Crippen LogP) is 0.435. The Morgan fingerprint density at radius 2 is 1.79 bits per heavy atom. The molecule has 0 unspecified atom stereocenters. The Labute approximate surface area is 164 Å². The first-order chi connectivity index (χ1) is 12.6. The minimum atomic E-state index is -0.874. The second-order valence-electron chi connectivity index (χ2n) is 9.49. The summed E-state index contributed by atoms with van der Waals surface area (Å²) in [6.45, 7) is 11.6. The minimum Gasteiger partial charge on any atom is -0.506 e. The average Bonchev–Trinajstić information content (AvgIpc) is 2.84. The fourth-order valence-electron chi connectivity index (χ4n) is 3.61. The van der Waals surface area contributed by atoms with Gasteiger partial charge >= 0.3 is 11.4 Å². The topological polar surface area (TPSA) is 120 Å². The second-order valence-corrected chi connectivity index (χ2v) is 9.49. The Hall–Kier alpha value is -2.55. The van der Waals surface area contributed by atoms with Crippen LogP contribution in [0.5, 0.6) is 5.75 Å². The number of rotatable bonds is 5. The second kappa shape index (κ2) is 7.12. The van der Waals surface area contributed by atoms with Crippen LogP contribution in [-0.4, -0.2) is 44.5 Å². The number of nitrogens with one attached hydrogen (secondary N) is 3. The summed E-state index contributed by atoms with van der Waals surface area (Å²) >= 11 is 0. The zero-order chi connectivity index (χ0) is 21.5. The number of carbonyl (C=O) groups excluding carboxylic acids is 1. The first-order valence-corrected chi connectivity index (χ1v) is 9.20. The maximum atomic E-state index is 13.2. The number of aromatic hydroxyl groups is 1. The minimum absolute atomic E-state index is 0.0526. The number of nitrogens with zero attached hydrogens (tertiary/aromatic N) is 1. The van der Waals surface area contributed by atoms with E-state index in [-0.39, 0.29) is 22.8 Å². The van der Waals surface area contributed by atoms with Crippen molar-refractivity contribution < 1.29 is 9.90 Å². The number of hydrogen-bond donors (Lipinski definition) is 4. The molecule has 1 aromatic carbocycles. The molecule has 0 saturated heterocycles. The SMILES string of the molecule is B[C@@](Cc1ccc(O)c(-n2[nH]c(=O)[nH]c2=O)c1)(NC(C)(C)C)C(=O)C(C)(C)C. The van der Waals surface area contributed by atoms with E-state index in [1.165, 1.54) is 6.07 Å². The third-order valence-electron chi connectivity index (χ3n) is 4.31. The van der Waals surface area contributed by atoms with Gasteiger partial charge in [-0.1, -0.05) is 26.8 Å². The summed E-state index contributed by atoms with van der Waals surface area (Å²) in [5.41, 5.74) is -2.22. The molecule has 4 N–H and O–H groups in total. The maximum absolute atomic E-state index is 13.2. The number of ketones is 1. The van der Waals surface area contributed by atoms with Gasteiger partial charge in [-0.25, -0.2) is 14.7 Å². The standard InChI is InChI=1S/C19H29BN4O4/c1-17(2,3)14(26)19(20,23-18(4,5)6)10-11-7-8-13(25)12(9-11)24-16(28)21-15(27)22-24/h7-9,23,25H,10,20H2,1-6H3,(H2,21,22,27,28)/t19-/m0/s1. The summed E-state index contributed by atoms with van der Waals surface area (Å²) in [4.78, 5) is 38.6. The van der Waals surface area contributed by atoms with Crippen LogP contribution in [0.3, 0.4) is 0 Å². The summed E-state index contributed by atoms with van der Waals surface area (Å²) in [5, 5.41) is 15.9. The van der Waals surface area contributed by atoms with Gasteiger partial charge in [-0.15, -0.1) is 0 Å². The molecule has 2 aromatic rings. The van der Waals surface area contributed by atoms with E-state index >= 15 is 0 Å². The fourth-order valence-corrected chi connectivity index (χ4v) is 3.61. The number of carbonyl (C=O) groups is 1. The molecule has 0 saturated carbocycles. The lowest BCUT2D eigenvalue weighted by Crippen LogP contribution is -2.63. The van der Waals surface area contributed by atoms with Gasteiger partial charge in [0.2, 0.25) is 0 Å². The van der Waals surface area contributed by atoms with Gasteiger partial charge < -0.3 is 10.4 Å². The molecule has 8 nitrogen and oxygen atoms in total. The van der Waals surface area contributed by atoms with Crippen LogP contribution in [-0.2, 0) is 11.2 Å². The number of hydrogen-bond acceptors (Lipinski definition) is 5. The monoisotopic (exact) mass is 388 g/mol. The van der Waals surface area contributed by atoms with Gasteiger partial charge in [0.1, 0.15) is 25.1 Å². The lowest BCUT2D eigenvalue weighted by molar-refractivity contribution is -0.130. The molecule has 0 fully saturated rings. The van der Waals surface area contributed by atoms with E-state index in [2.05, 4.69) is 15.4 Å². The van der Waals surface area contributed by atoms with Gasteiger partial charge in [0.15, 0.2) is 0 Å². The Kier molecular flexibility index (Phi) is 5.53. The van der Waals surface area contributed by atoms with Crippen molar-refractivity contribution in [2.45, 2.75) is 58.9 Å². The number of phenolic OH excluding ortho intramolecular Hbond substituents is 1. The van der Waals surface area contributed by atoms with Crippen molar-refractivity contribution >= 4 is 13.6 Å². The highest BCUT2D eigenvalue weighted by molar-refractivity contribution is 6.29. The molecule has 0 amide bonds. The third-order valence-corrected chi connectivity index (χ3v) is 4.31. The molecule has 152 valence electrons.